The Balaban J connectivity index is 1.40. The summed E-state index contributed by atoms with van der Waals surface area (Å²) in [5.74, 6) is 0.708. The first-order chi connectivity index (χ1) is 17.7. The number of anilines is 1. The fraction of sp³-hybridized carbons (Fsp3) is 0.462. The van der Waals surface area contributed by atoms with Gasteiger partial charge >= 0.3 is 0 Å². The number of H-pyrrole nitrogens is 1. The molecule has 2 aliphatic heterocycles. The topological polar surface area (TPSA) is 99.7 Å². The highest BCUT2D eigenvalue weighted by molar-refractivity contribution is 5.83. The van der Waals surface area contributed by atoms with E-state index in [0.717, 1.165) is 18.7 Å². The number of rotatable bonds is 5. The number of nitrogens with zero attached hydrogens (tertiary/aromatic N) is 6. The normalized spacial score (nSPS) is 22.7. The Labute approximate surface area is 215 Å². The number of amides is 1. The molecule has 2 saturated heterocycles. The van der Waals surface area contributed by atoms with Gasteiger partial charge in [-0.05, 0) is 44.3 Å². The molecule has 1 amide bonds. The number of piperazine rings is 1. The summed E-state index contributed by atoms with van der Waals surface area (Å²) < 4.78 is 25.7. The molecule has 0 bridgehead atoms. The predicted molar refractivity (Wildman–Crippen MR) is 136 cm³/mol. The molecule has 0 radical (unpaired) electrons. The summed E-state index contributed by atoms with van der Waals surface area (Å²) in [6.45, 7) is 5.41. The maximum atomic E-state index is 13.6. The van der Waals surface area contributed by atoms with Gasteiger partial charge in [-0.2, -0.15) is 0 Å². The van der Waals surface area contributed by atoms with E-state index in [1.165, 1.54) is 12.1 Å². The van der Waals surface area contributed by atoms with Crippen LogP contribution in [0.1, 0.15) is 19.0 Å². The molecule has 2 fully saturated rings. The highest BCUT2D eigenvalue weighted by atomic mass is 19.1. The Morgan fingerprint density at radius 1 is 1.08 bits per heavy atom. The van der Waals surface area contributed by atoms with Crippen LogP contribution in [0, 0.1) is 11.2 Å². The standard InChI is InChI=1S/C26H32FN7O3/c1-26(24(35)34-13-11-33(4)12-14-34)15-36-23(37-16-26)22-30-20(17-5-7-18(27)8-6-17)21(31-22)19-9-10-28-25(29-19)32(2)3/h5-10,23H,11-16H2,1-4H3,(H,30,31). The van der Waals surface area contributed by atoms with Crippen molar-refractivity contribution in [2.75, 3.05) is 65.4 Å². The summed E-state index contributed by atoms with van der Waals surface area (Å²) in [6.07, 6.45) is 0.895. The predicted octanol–water partition coefficient (Wildman–Crippen LogP) is 2.56. The van der Waals surface area contributed by atoms with Crippen molar-refractivity contribution < 1.29 is 18.7 Å². The number of likely N-dealkylation sites (N-methyl/N-ethyl adjacent to an activating group) is 1. The van der Waals surface area contributed by atoms with Gasteiger partial charge in [-0.1, -0.05) is 0 Å². The van der Waals surface area contributed by atoms with Gasteiger partial charge in [0, 0.05) is 52.0 Å². The number of halogens is 1. The third kappa shape index (κ3) is 5.20. The number of carbonyl (C=O) groups is 1. The summed E-state index contributed by atoms with van der Waals surface area (Å²) in [5.41, 5.74) is 1.81. The Morgan fingerprint density at radius 3 is 2.41 bits per heavy atom. The average molecular weight is 510 g/mol. The molecule has 0 spiro atoms. The largest absolute Gasteiger partial charge is 0.347 e. The van der Waals surface area contributed by atoms with E-state index in [2.05, 4.69) is 26.9 Å². The van der Waals surface area contributed by atoms with Crippen LogP contribution in [-0.4, -0.2) is 96.2 Å². The van der Waals surface area contributed by atoms with Gasteiger partial charge in [0.15, 0.2) is 5.82 Å². The number of hydrogen-bond donors (Lipinski definition) is 1. The van der Waals surface area contributed by atoms with Crippen molar-refractivity contribution in [3.05, 3.63) is 48.2 Å². The zero-order valence-electron chi connectivity index (χ0n) is 21.6. The van der Waals surface area contributed by atoms with Crippen molar-refractivity contribution in [1.29, 1.82) is 0 Å². The van der Waals surface area contributed by atoms with E-state index in [1.54, 1.807) is 24.4 Å². The first-order valence-corrected chi connectivity index (χ1v) is 12.3. The lowest BCUT2D eigenvalue weighted by atomic mass is 9.90. The van der Waals surface area contributed by atoms with E-state index in [9.17, 15) is 9.18 Å². The van der Waals surface area contributed by atoms with Gasteiger partial charge in [0.1, 0.15) is 5.82 Å². The van der Waals surface area contributed by atoms with Gasteiger partial charge in [-0.15, -0.1) is 0 Å². The molecular formula is C26H32FN7O3. The number of aromatic amines is 1. The fourth-order valence-electron chi connectivity index (χ4n) is 4.49. The Bertz CT molecular complexity index is 1250. The quantitative estimate of drug-likeness (QED) is 0.560. The summed E-state index contributed by atoms with van der Waals surface area (Å²) in [6, 6.07) is 7.90. The molecule has 4 heterocycles. The van der Waals surface area contributed by atoms with Gasteiger partial charge in [0.25, 0.3) is 0 Å². The SMILES string of the molecule is CN1CCN(C(=O)C2(C)COC(c3nc(-c4ccc(F)cc4)c(-c4ccnc(N(C)C)n4)[nH]3)OC2)CC1. The molecule has 0 saturated carbocycles. The summed E-state index contributed by atoms with van der Waals surface area (Å²) >= 11 is 0. The average Bonchev–Trinajstić information content (AvgIpc) is 3.35. The van der Waals surface area contributed by atoms with Crippen LogP contribution in [0.2, 0.25) is 0 Å². The maximum absolute atomic E-state index is 13.6. The number of benzene rings is 1. The molecule has 0 aliphatic carbocycles. The van der Waals surface area contributed by atoms with Gasteiger partial charge < -0.3 is 29.2 Å². The molecule has 11 heteroatoms. The molecule has 1 aromatic carbocycles. The van der Waals surface area contributed by atoms with Crippen molar-refractivity contribution in [2.45, 2.75) is 13.2 Å². The van der Waals surface area contributed by atoms with Crippen molar-refractivity contribution in [3.8, 4) is 22.6 Å². The Kier molecular flexibility index (Phi) is 6.93. The van der Waals surface area contributed by atoms with Gasteiger partial charge in [0.2, 0.25) is 18.1 Å². The van der Waals surface area contributed by atoms with Crippen molar-refractivity contribution in [1.82, 2.24) is 29.7 Å². The van der Waals surface area contributed by atoms with E-state index in [4.69, 9.17) is 14.5 Å². The van der Waals surface area contributed by atoms with E-state index in [0.29, 0.717) is 41.9 Å². The molecule has 10 nitrogen and oxygen atoms in total. The third-order valence-corrected chi connectivity index (χ3v) is 6.78. The lowest BCUT2D eigenvalue weighted by Gasteiger charge is -2.41. The van der Waals surface area contributed by atoms with Crippen LogP contribution < -0.4 is 4.90 Å². The molecule has 0 atom stereocenters. The zero-order valence-corrected chi connectivity index (χ0v) is 21.6. The Hall–Kier alpha value is -3.41. The minimum Gasteiger partial charge on any atom is -0.347 e. The first-order valence-electron chi connectivity index (χ1n) is 12.3. The van der Waals surface area contributed by atoms with Crippen LogP contribution in [0.25, 0.3) is 22.6 Å². The van der Waals surface area contributed by atoms with Crippen LogP contribution in [0.3, 0.4) is 0 Å². The molecule has 1 N–H and O–H groups in total. The molecule has 0 unspecified atom stereocenters. The molecule has 196 valence electrons. The second-order valence-electron chi connectivity index (χ2n) is 10.1. The van der Waals surface area contributed by atoms with Crippen LogP contribution >= 0.6 is 0 Å². The minimum atomic E-state index is -0.781. The highest BCUT2D eigenvalue weighted by Crippen LogP contribution is 2.36. The Morgan fingerprint density at radius 2 is 1.76 bits per heavy atom. The van der Waals surface area contributed by atoms with Crippen LogP contribution in [0.4, 0.5) is 10.3 Å². The summed E-state index contributed by atoms with van der Waals surface area (Å²) in [7, 11) is 5.78. The number of imidazole rings is 1. The lowest BCUT2D eigenvalue weighted by Crippen LogP contribution is -2.55. The lowest BCUT2D eigenvalue weighted by molar-refractivity contribution is -0.234. The van der Waals surface area contributed by atoms with Gasteiger partial charge in [-0.3, -0.25) is 4.79 Å². The second kappa shape index (κ2) is 10.2. The molecule has 3 aromatic rings. The van der Waals surface area contributed by atoms with Crippen molar-refractivity contribution in [3.63, 3.8) is 0 Å². The smallest absolute Gasteiger partial charge is 0.233 e. The van der Waals surface area contributed by atoms with Gasteiger partial charge in [0.05, 0.1) is 35.7 Å². The summed E-state index contributed by atoms with van der Waals surface area (Å²) in [5, 5.41) is 0. The fourth-order valence-corrected chi connectivity index (χ4v) is 4.49. The van der Waals surface area contributed by atoms with Crippen molar-refractivity contribution in [2.24, 2.45) is 5.41 Å². The minimum absolute atomic E-state index is 0.0448. The second-order valence-corrected chi connectivity index (χ2v) is 10.1. The molecule has 5 rings (SSSR count). The molecule has 2 aromatic heterocycles. The van der Waals surface area contributed by atoms with Crippen LogP contribution in [-0.2, 0) is 14.3 Å². The van der Waals surface area contributed by atoms with E-state index >= 15 is 0 Å². The monoisotopic (exact) mass is 509 g/mol. The van der Waals surface area contributed by atoms with E-state index in [1.807, 2.05) is 30.8 Å². The summed E-state index contributed by atoms with van der Waals surface area (Å²) in [4.78, 5) is 36.2. The number of nitrogens with one attached hydrogen (secondary N) is 1. The zero-order chi connectivity index (χ0) is 26.2. The highest BCUT2D eigenvalue weighted by Gasteiger charge is 2.43. The maximum Gasteiger partial charge on any atom is 0.233 e. The number of carbonyl (C=O) groups excluding carboxylic acids is 1. The number of aromatic nitrogens is 4. The molecular weight excluding hydrogens is 477 g/mol. The van der Waals surface area contributed by atoms with E-state index < -0.39 is 11.7 Å². The molecule has 2 aliphatic rings. The van der Waals surface area contributed by atoms with Crippen LogP contribution in [0.5, 0.6) is 0 Å². The first kappa shape index (κ1) is 25.2. The molecule has 37 heavy (non-hydrogen) atoms. The number of ether oxygens (including phenoxy) is 2. The van der Waals surface area contributed by atoms with E-state index in [-0.39, 0.29) is 24.9 Å². The van der Waals surface area contributed by atoms with Gasteiger partial charge in [-0.25, -0.2) is 19.3 Å². The number of hydrogen-bond acceptors (Lipinski definition) is 8. The van der Waals surface area contributed by atoms with Crippen LogP contribution in [0.15, 0.2) is 36.5 Å². The third-order valence-electron chi connectivity index (χ3n) is 6.78. The van der Waals surface area contributed by atoms with Crippen molar-refractivity contribution >= 4 is 11.9 Å².